The number of aliphatic imine (C=N–C) groups is 1. The Morgan fingerprint density at radius 1 is 1.11 bits per heavy atom. The normalized spacial score (nSPS) is 19.5. The lowest BCUT2D eigenvalue weighted by Gasteiger charge is -2.41. The van der Waals surface area contributed by atoms with E-state index in [9.17, 15) is 14.4 Å². The van der Waals surface area contributed by atoms with Gasteiger partial charge < -0.3 is 21.3 Å². The molecule has 190 valence electrons. The quantitative estimate of drug-likeness (QED) is 0.453. The molecule has 10 heteroatoms. The molecule has 4 N–H and O–H groups in total. The Bertz CT molecular complexity index is 1300. The second-order valence-corrected chi connectivity index (χ2v) is 8.79. The molecule has 0 aliphatic carbocycles. The molecular formula is C27H29N7O3. The number of nitrogens with two attached hydrogens (primary N) is 2. The number of benzene rings is 1. The average Bonchev–Trinajstić information content (AvgIpc) is 3.13. The molecule has 3 heterocycles. The minimum Gasteiger partial charge on any atom is -0.368 e. The number of Topliss-reactive ketones (excluding diaryl/α,β-unsaturated/α-hetero) is 1. The second-order valence-electron chi connectivity index (χ2n) is 8.79. The summed E-state index contributed by atoms with van der Waals surface area (Å²) in [5, 5.41) is 0. The van der Waals surface area contributed by atoms with Crippen LogP contribution in [0.5, 0.6) is 0 Å². The highest BCUT2D eigenvalue weighted by Gasteiger charge is 2.36. The Hall–Kier alpha value is -4.44. The minimum atomic E-state index is -0.735. The van der Waals surface area contributed by atoms with Gasteiger partial charge in [0, 0.05) is 61.0 Å². The van der Waals surface area contributed by atoms with Gasteiger partial charge in [0.2, 0.25) is 11.7 Å². The van der Waals surface area contributed by atoms with Crippen molar-refractivity contribution in [3.63, 3.8) is 0 Å². The van der Waals surface area contributed by atoms with Crippen LogP contribution in [0.3, 0.4) is 0 Å². The first-order valence-electron chi connectivity index (χ1n) is 12.0. The fourth-order valence-electron chi connectivity index (χ4n) is 4.37. The summed E-state index contributed by atoms with van der Waals surface area (Å²) in [6.07, 6.45) is 8.37. The number of rotatable bonds is 6. The molecule has 1 fully saturated rings. The first-order chi connectivity index (χ1) is 17.8. The molecule has 0 bridgehead atoms. The van der Waals surface area contributed by atoms with Gasteiger partial charge in [-0.3, -0.25) is 19.4 Å². The van der Waals surface area contributed by atoms with E-state index < -0.39 is 17.7 Å². The Kier molecular flexibility index (Phi) is 7.69. The molecule has 0 saturated carbocycles. The van der Waals surface area contributed by atoms with E-state index in [2.05, 4.69) is 21.5 Å². The van der Waals surface area contributed by atoms with Crippen molar-refractivity contribution in [1.29, 1.82) is 0 Å². The van der Waals surface area contributed by atoms with E-state index in [0.29, 0.717) is 41.9 Å². The van der Waals surface area contributed by atoms with Gasteiger partial charge in [-0.25, -0.2) is 9.97 Å². The maximum Gasteiger partial charge on any atom is 0.295 e. The van der Waals surface area contributed by atoms with Gasteiger partial charge in [-0.1, -0.05) is 31.7 Å². The number of allylic oxidation sites excluding steroid dienone is 1. The second kappa shape index (κ2) is 11.1. The van der Waals surface area contributed by atoms with E-state index in [1.54, 1.807) is 29.2 Å². The van der Waals surface area contributed by atoms with E-state index in [0.717, 1.165) is 0 Å². The van der Waals surface area contributed by atoms with Crippen molar-refractivity contribution < 1.29 is 14.4 Å². The van der Waals surface area contributed by atoms with Crippen molar-refractivity contribution in [2.45, 2.75) is 25.4 Å². The number of hydrogen-bond acceptors (Lipinski definition) is 8. The SMILES string of the molecule is C=C(C(=O)C(=O)N1CCN(C(=O)c2ccccc2)CC1CC)C1=CC=NC(c2cnc(N)nc2)=CC1N. The number of aromatic nitrogens is 2. The largest absolute Gasteiger partial charge is 0.368 e. The van der Waals surface area contributed by atoms with E-state index in [1.165, 1.54) is 23.5 Å². The van der Waals surface area contributed by atoms with Crippen molar-refractivity contribution in [3.8, 4) is 0 Å². The Morgan fingerprint density at radius 3 is 2.49 bits per heavy atom. The van der Waals surface area contributed by atoms with E-state index in [4.69, 9.17) is 11.5 Å². The van der Waals surface area contributed by atoms with Gasteiger partial charge in [0.05, 0.1) is 11.7 Å². The third kappa shape index (κ3) is 5.54. The van der Waals surface area contributed by atoms with Gasteiger partial charge in [-0.15, -0.1) is 0 Å². The molecule has 2 atom stereocenters. The molecule has 0 spiro atoms. The highest BCUT2D eigenvalue weighted by molar-refractivity contribution is 6.43. The molecule has 2 unspecified atom stereocenters. The predicted octanol–water partition coefficient (Wildman–Crippen LogP) is 1.63. The van der Waals surface area contributed by atoms with Crippen LogP contribution in [0, 0.1) is 0 Å². The van der Waals surface area contributed by atoms with Gasteiger partial charge in [0.1, 0.15) is 0 Å². The van der Waals surface area contributed by atoms with E-state index in [1.807, 2.05) is 25.1 Å². The Balaban J connectivity index is 1.45. The number of ketones is 1. The molecule has 2 aliphatic heterocycles. The van der Waals surface area contributed by atoms with E-state index >= 15 is 0 Å². The van der Waals surface area contributed by atoms with Gasteiger partial charge in [-0.2, -0.15) is 0 Å². The van der Waals surface area contributed by atoms with Crippen molar-refractivity contribution >= 4 is 35.5 Å². The molecular weight excluding hydrogens is 470 g/mol. The maximum atomic E-state index is 13.3. The fraction of sp³-hybridized carbons (Fsp3) is 0.259. The summed E-state index contributed by atoms with van der Waals surface area (Å²) in [5.74, 6) is -1.35. The summed E-state index contributed by atoms with van der Waals surface area (Å²) in [7, 11) is 0. The van der Waals surface area contributed by atoms with Gasteiger partial charge >= 0.3 is 0 Å². The Morgan fingerprint density at radius 2 is 1.81 bits per heavy atom. The third-order valence-electron chi connectivity index (χ3n) is 6.47. The molecule has 4 rings (SSSR count). The first kappa shape index (κ1) is 25.6. The van der Waals surface area contributed by atoms with Crippen molar-refractivity contribution in [2.24, 2.45) is 10.7 Å². The number of hydrogen-bond donors (Lipinski definition) is 2. The zero-order valence-electron chi connectivity index (χ0n) is 20.6. The van der Waals surface area contributed by atoms with Crippen molar-refractivity contribution in [3.05, 3.63) is 83.7 Å². The minimum absolute atomic E-state index is 0.00708. The molecule has 2 aromatic rings. The van der Waals surface area contributed by atoms with E-state index in [-0.39, 0.29) is 30.0 Å². The van der Waals surface area contributed by atoms with Crippen LogP contribution in [0.1, 0.15) is 29.3 Å². The smallest absolute Gasteiger partial charge is 0.295 e. The van der Waals surface area contributed by atoms with Crippen LogP contribution in [-0.4, -0.2) is 75.3 Å². The lowest BCUT2D eigenvalue weighted by atomic mass is 9.94. The molecule has 1 saturated heterocycles. The fourth-order valence-corrected chi connectivity index (χ4v) is 4.37. The topological polar surface area (TPSA) is 148 Å². The zero-order chi connectivity index (χ0) is 26.5. The lowest BCUT2D eigenvalue weighted by molar-refractivity contribution is -0.145. The number of nitrogen functional groups attached to an aromatic ring is 1. The molecule has 1 aromatic carbocycles. The summed E-state index contributed by atoms with van der Waals surface area (Å²) in [6.45, 7) is 6.75. The predicted molar refractivity (Wildman–Crippen MR) is 141 cm³/mol. The number of piperazine rings is 1. The van der Waals surface area contributed by atoms with Crippen molar-refractivity contribution in [2.75, 3.05) is 25.4 Å². The highest BCUT2D eigenvalue weighted by atomic mass is 16.2. The summed E-state index contributed by atoms with van der Waals surface area (Å²) in [4.78, 5) is 54.9. The maximum absolute atomic E-state index is 13.3. The zero-order valence-corrected chi connectivity index (χ0v) is 20.6. The van der Waals surface area contributed by atoms with Crippen LogP contribution in [0.4, 0.5) is 5.95 Å². The van der Waals surface area contributed by atoms with Crippen LogP contribution in [0.2, 0.25) is 0 Å². The third-order valence-corrected chi connectivity index (χ3v) is 6.47. The number of nitrogens with zero attached hydrogens (tertiary/aromatic N) is 5. The van der Waals surface area contributed by atoms with Gasteiger partial charge in [0.15, 0.2) is 0 Å². The first-order valence-corrected chi connectivity index (χ1v) is 12.0. The van der Waals surface area contributed by atoms with Crippen LogP contribution in [-0.2, 0) is 9.59 Å². The molecule has 1 aromatic heterocycles. The number of carbonyl (C=O) groups is 3. The van der Waals surface area contributed by atoms with Crippen LogP contribution in [0.15, 0.2) is 77.6 Å². The number of anilines is 1. The van der Waals surface area contributed by atoms with Crippen LogP contribution >= 0.6 is 0 Å². The molecule has 0 radical (unpaired) electrons. The molecule has 10 nitrogen and oxygen atoms in total. The number of amides is 2. The number of carbonyl (C=O) groups excluding carboxylic acids is 3. The Labute approximate surface area is 215 Å². The van der Waals surface area contributed by atoms with Crippen LogP contribution in [0.25, 0.3) is 5.70 Å². The van der Waals surface area contributed by atoms with Gasteiger partial charge in [0.25, 0.3) is 11.8 Å². The summed E-state index contributed by atoms with van der Waals surface area (Å²) in [5.41, 5.74) is 14.0. The highest BCUT2D eigenvalue weighted by Crippen LogP contribution is 2.24. The molecule has 37 heavy (non-hydrogen) atoms. The lowest BCUT2D eigenvalue weighted by Crippen LogP contribution is -2.57. The standard InChI is InChI=1S/C27H29N7O3/c1-3-20-16-33(25(36)18-7-5-4-6-8-18)11-12-34(20)26(37)24(35)17(2)21-9-10-30-23(13-22(21)28)19-14-31-27(29)32-15-19/h4-10,13-15,20,22H,2-3,11-12,16,28H2,1H3,(H2,29,31,32). The molecule has 2 aliphatic rings. The summed E-state index contributed by atoms with van der Waals surface area (Å²) >= 11 is 0. The van der Waals surface area contributed by atoms with Gasteiger partial charge in [-0.05, 0) is 36.3 Å². The average molecular weight is 500 g/mol. The molecule has 2 amide bonds. The van der Waals surface area contributed by atoms with Crippen molar-refractivity contribution in [1.82, 2.24) is 19.8 Å². The summed E-state index contributed by atoms with van der Waals surface area (Å²) in [6, 6.07) is 7.98. The van der Waals surface area contributed by atoms with Crippen LogP contribution < -0.4 is 11.5 Å². The summed E-state index contributed by atoms with van der Waals surface area (Å²) < 4.78 is 0. The monoisotopic (exact) mass is 499 g/mol.